The van der Waals surface area contributed by atoms with Gasteiger partial charge in [0.1, 0.15) is 0 Å². The number of carbonyl (C=O) groups is 2. The van der Waals surface area contributed by atoms with Crippen LogP contribution in [0.15, 0.2) is 18.2 Å². The van der Waals surface area contributed by atoms with Crippen LogP contribution in [-0.4, -0.2) is 35.0 Å². The Morgan fingerprint density at radius 3 is 2.24 bits per heavy atom. The number of hydrogen-bond acceptors (Lipinski definition) is 2. The van der Waals surface area contributed by atoms with E-state index in [0.717, 1.165) is 12.8 Å². The van der Waals surface area contributed by atoms with E-state index in [2.05, 4.69) is 0 Å². The minimum Gasteiger partial charge on any atom is -0.481 e. The molecule has 1 aromatic carbocycles. The van der Waals surface area contributed by atoms with Gasteiger partial charge < -0.3 is 10.0 Å². The van der Waals surface area contributed by atoms with Crippen molar-refractivity contribution in [1.29, 1.82) is 0 Å². The number of nitrogens with zero attached hydrogens (tertiary/aromatic N) is 1. The van der Waals surface area contributed by atoms with Crippen molar-refractivity contribution in [3.63, 3.8) is 0 Å². The third kappa shape index (κ3) is 3.01. The quantitative estimate of drug-likeness (QED) is 0.927. The highest BCUT2D eigenvalue weighted by Gasteiger charge is 2.46. The van der Waals surface area contributed by atoms with Gasteiger partial charge in [0.25, 0.3) is 5.91 Å². The fraction of sp³-hybridized carbons (Fsp3) is 0.467. The fourth-order valence-electron chi connectivity index (χ4n) is 3.12. The molecule has 0 spiro atoms. The first-order valence-corrected chi connectivity index (χ1v) is 7.69. The Labute approximate surface area is 132 Å². The van der Waals surface area contributed by atoms with Gasteiger partial charge in [-0.25, -0.2) is 0 Å². The number of amides is 1. The average Bonchev–Trinajstić information content (AvgIpc) is 3.15. The summed E-state index contributed by atoms with van der Waals surface area (Å²) >= 11 is 11.8. The van der Waals surface area contributed by atoms with Gasteiger partial charge in [-0.05, 0) is 42.9 Å². The molecule has 0 aromatic heterocycles. The van der Waals surface area contributed by atoms with Crippen LogP contribution in [0, 0.1) is 17.8 Å². The Balaban J connectivity index is 1.80. The second-order valence-corrected chi connectivity index (χ2v) is 6.69. The summed E-state index contributed by atoms with van der Waals surface area (Å²) in [6, 6.07) is 4.70. The fourth-order valence-corrected chi connectivity index (χ4v) is 3.64. The summed E-state index contributed by atoms with van der Waals surface area (Å²) in [6.07, 6.45) is 2.14. The normalized spacial score (nSPS) is 25.1. The predicted octanol–water partition coefficient (Wildman–Crippen LogP) is 3.18. The average molecular weight is 328 g/mol. The molecule has 1 aromatic rings. The monoisotopic (exact) mass is 327 g/mol. The molecule has 1 heterocycles. The second kappa shape index (κ2) is 5.50. The first-order chi connectivity index (χ1) is 9.95. The lowest BCUT2D eigenvalue weighted by Crippen LogP contribution is -2.29. The second-order valence-electron chi connectivity index (χ2n) is 5.81. The minimum absolute atomic E-state index is 0.0705. The van der Waals surface area contributed by atoms with Crippen LogP contribution in [0.25, 0.3) is 0 Å². The number of rotatable bonds is 3. The summed E-state index contributed by atoms with van der Waals surface area (Å²) in [6.45, 7) is 0.768. The van der Waals surface area contributed by atoms with Crippen LogP contribution >= 0.6 is 23.2 Å². The number of hydrogen-bond donors (Lipinski definition) is 1. The number of carbonyl (C=O) groups excluding carboxylic acids is 1. The lowest BCUT2D eigenvalue weighted by molar-refractivity contribution is -0.142. The largest absolute Gasteiger partial charge is 0.481 e. The van der Waals surface area contributed by atoms with Gasteiger partial charge in [0.2, 0.25) is 0 Å². The number of aliphatic carboxylic acids is 1. The smallest absolute Gasteiger partial charge is 0.308 e. The van der Waals surface area contributed by atoms with Crippen molar-refractivity contribution < 1.29 is 14.7 Å². The van der Waals surface area contributed by atoms with Crippen molar-refractivity contribution in [2.45, 2.75) is 12.8 Å². The van der Waals surface area contributed by atoms with Crippen LogP contribution in [0.5, 0.6) is 0 Å². The first kappa shape index (κ1) is 14.7. The highest BCUT2D eigenvalue weighted by atomic mass is 35.5. The number of halogens is 2. The SMILES string of the molecule is O=C(O)[C@H]1CN(C(=O)c2cc(Cl)cc(Cl)c2)C[C@@H]1C1CC1. The molecule has 1 amide bonds. The van der Waals surface area contributed by atoms with E-state index in [1.54, 1.807) is 23.1 Å². The molecule has 1 aliphatic carbocycles. The van der Waals surface area contributed by atoms with Crippen molar-refractivity contribution in [2.75, 3.05) is 13.1 Å². The van der Waals surface area contributed by atoms with Crippen LogP contribution in [0.3, 0.4) is 0 Å². The first-order valence-electron chi connectivity index (χ1n) is 6.94. The van der Waals surface area contributed by atoms with E-state index in [4.69, 9.17) is 23.2 Å². The van der Waals surface area contributed by atoms with Gasteiger partial charge in [-0.3, -0.25) is 9.59 Å². The number of benzene rings is 1. The number of carboxylic acids is 1. The molecule has 1 saturated carbocycles. The van der Waals surface area contributed by atoms with Crippen LogP contribution < -0.4 is 0 Å². The molecule has 4 nitrogen and oxygen atoms in total. The molecule has 0 unspecified atom stereocenters. The van der Waals surface area contributed by atoms with E-state index in [1.165, 1.54) is 0 Å². The van der Waals surface area contributed by atoms with Gasteiger partial charge in [-0.2, -0.15) is 0 Å². The highest BCUT2D eigenvalue weighted by molar-refractivity contribution is 6.35. The Bertz CT molecular complexity index is 580. The molecule has 1 aliphatic heterocycles. The third-order valence-electron chi connectivity index (χ3n) is 4.31. The molecule has 0 radical (unpaired) electrons. The predicted molar refractivity (Wildman–Crippen MR) is 79.7 cm³/mol. The van der Waals surface area contributed by atoms with Gasteiger partial charge in [0.15, 0.2) is 0 Å². The van der Waals surface area contributed by atoms with E-state index in [9.17, 15) is 14.7 Å². The topological polar surface area (TPSA) is 57.6 Å². The molecule has 2 fully saturated rings. The maximum absolute atomic E-state index is 12.5. The van der Waals surface area contributed by atoms with Gasteiger partial charge in [0, 0.05) is 28.7 Å². The Morgan fingerprint density at radius 1 is 1.10 bits per heavy atom. The molecule has 1 saturated heterocycles. The molecule has 3 rings (SSSR count). The molecule has 2 aliphatic rings. The molecular formula is C15H15Cl2NO3. The maximum atomic E-state index is 12.5. The Kier molecular flexibility index (Phi) is 3.84. The molecular weight excluding hydrogens is 313 g/mol. The van der Waals surface area contributed by atoms with E-state index >= 15 is 0 Å². The molecule has 1 N–H and O–H groups in total. The lowest BCUT2D eigenvalue weighted by atomic mass is 9.92. The van der Waals surface area contributed by atoms with E-state index in [-0.39, 0.29) is 18.4 Å². The van der Waals surface area contributed by atoms with E-state index in [1.807, 2.05) is 0 Å². The van der Waals surface area contributed by atoms with Gasteiger partial charge in [0.05, 0.1) is 5.92 Å². The Hall–Kier alpha value is -1.26. The van der Waals surface area contributed by atoms with Crippen molar-refractivity contribution in [2.24, 2.45) is 17.8 Å². The number of carboxylic acid groups (broad SMARTS) is 1. The van der Waals surface area contributed by atoms with Crippen molar-refractivity contribution in [3.05, 3.63) is 33.8 Å². The van der Waals surface area contributed by atoms with Crippen molar-refractivity contribution in [3.8, 4) is 0 Å². The summed E-state index contributed by atoms with van der Waals surface area (Å²) in [4.78, 5) is 25.5. The maximum Gasteiger partial charge on any atom is 0.308 e. The van der Waals surface area contributed by atoms with Gasteiger partial charge in [-0.15, -0.1) is 0 Å². The summed E-state index contributed by atoms with van der Waals surface area (Å²) in [5.41, 5.74) is 0.410. The number of likely N-dealkylation sites (tertiary alicyclic amines) is 1. The molecule has 0 bridgehead atoms. The van der Waals surface area contributed by atoms with Crippen molar-refractivity contribution in [1.82, 2.24) is 4.90 Å². The van der Waals surface area contributed by atoms with Crippen LogP contribution in [-0.2, 0) is 4.79 Å². The Morgan fingerprint density at radius 2 is 1.71 bits per heavy atom. The van der Waals surface area contributed by atoms with E-state index < -0.39 is 11.9 Å². The van der Waals surface area contributed by atoms with Crippen LogP contribution in [0.2, 0.25) is 10.0 Å². The zero-order chi connectivity index (χ0) is 15.1. The summed E-state index contributed by atoms with van der Waals surface area (Å²) in [5.74, 6) is -0.954. The highest BCUT2D eigenvalue weighted by Crippen LogP contribution is 2.44. The molecule has 112 valence electrons. The molecule has 2 atom stereocenters. The molecule has 6 heteroatoms. The van der Waals surface area contributed by atoms with Gasteiger partial charge >= 0.3 is 5.97 Å². The van der Waals surface area contributed by atoms with Crippen LogP contribution in [0.4, 0.5) is 0 Å². The lowest BCUT2D eigenvalue weighted by Gasteiger charge is -2.16. The zero-order valence-corrected chi connectivity index (χ0v) is 12.8. The van der Waals surface area contributed by atoms with E-state index in [0.29, 0.717) is 28.1 Å². The van der Waals surface area contributed by atoms with Gasteiger partial charge in [-0.1, -0.05) is 23.2 Å². The zero-order valence-electron chi connectivity index (χ0n) is 11.3. The molecule has 21 heavy (non-hydrogen) atoms. The standard InChI is InChI=1S/C15H15Cl2NO3/c16-10-3-9(4-11(17)5-10)14(19)18-6-12(8-1-2-8)13(7-18)15(20)21/h3-5,8,12-13H,1-2,6-7H2,(H,20,21)/t12-,13+/m1/s1. The summed E-state index contributed by atoms with van der Waals surface area (Å²) < 4.78 is 0. The van der Waals surface area contributed by atoms with Crippen LogP contribution in [0.1, 0.15) is 23.2 Å². The summed E-state index contributed by atoms with van der Waals surface area (Å²) in [5, 5.41) is 10.1. The minimum atomic E-state index is -0.814. The van der Waals surface area contributed by atoms with Crippen molar-refractivity contribution >= 4 is 35.1 Å². The third-order valence-corrected chi connectivity index (χ3v) is 4.74. The summed E-state index contributed by atoms with van der Waals surface area (Å²) in [7, 11) is 0.